The van der Waals surface area contributed by atoms with Gasteiger partial charge < -0.3 is 9.84 Å². The van der Waals surface area contributed by atoms with Gasteiger partial charge in [0, 0.05) is 31.5 Å². The van der Waals surface area contributed by atoms with Gasteiger partial charge in [-0.05, 0) is 22.9 Å². The van der Waals surface area contributed by atoms with Gasteiger partial charge in [-0.1, -0.05) is 12.1 Å². The molecule has 0 saturated heterocycles. The molecule has 0 amide bonds. The van der Waals surface area contributed by atoms with E-state index in [1.165, 1.54) is 0 Å². The molecule has 0 radical (unpaired) electrons. The Bertz CT molecular complexity index is 669. The average Bonchev–Trinajstić information content (AvgIpc) is 2.38. The van der Waals surface area contributed by atoms with Gasteiger partial charge >= 0.3 is 0 Å². The van der Waals surface area contributed by atoms with Crippen molar-refractivity contribution in [2.24, 2.45) is 0 Å². The topological polar surface area (TPSA) is 52.7 Å². The number of hydroxylamine groups is 1. The summed E-state index contributed by atoms with van der Waals surface area (Å²) in [7, 11) is 1.59. The van der Waals surface area contributed by atoms with Gasteiger partial charge in [-0.3, -0.25) is 5.21 Å². The van der Waals surface area contributed by atoms with E-state index < -0.39 is 5.54 Å². The van der Waals surface area contributed by atoms with Crippen LogP contribution in [0.3, 0.4) is 0 Å². The normalized spacial score (nSPS) is 12.7. The van der Waals surface area contributed by atoms with Gasteiger partial charge in [0.2, 0.25) is 11.8 Å². The Labute approximate surface area is 118 Å². The fraction of sp³-hybridized carbons (Fsp3) is 0.312. The van der Waals surface area contributed by atoms with Crippen LogP contribution in [0.15, 0.2) is 30.3 Å². The van der Waals surface area contributed by atoms with Crippen LogP contribution in [0.4, 0.5) is 0 Å². The molecule has 4 nitrogen and oxygen atoms in total. The number of phenols is 1. The Kier molecular flexibility index (Phi) is 3.57. The molecule has 0 aliphatic rings. The first kappa shape index (κ1) is 14.2. The third kappa shape index (κ3) is 2.54. The van der Waals surface area contributed by atoms with Crippen LogP contribution in [-0.2, 0) is 0 Å². The van der Waals surface area contributed by atoms with Crippen molar-refractivity contribution in [2.75, 3.05) is 7.11 Å². The number of benzene rings is 2. The van der Waals surface area contributed by atoms with Crippen molar-refractivity contribution >= 4 is 17.0 Å². The molecular formula is C16H20NO3+. The Hall–Kier alpha value is -2.23. The summed E-state index contributed by atoms with van der Waals surface area (Å²) in [5.41, 5.74) is 0.313. The second-order valence-electron chi connectivity index (χ2n) is 5.70. The van der Waals surface area contributed by atoms with Gasteiger partial charge in [-0.15, -0.1) is 0 Å². The van der Waals surface area contributed by atoms with Crippen molar-refractivity contribution in [3.05, 3.63) is 35.9 Å². The number of fused-ring (bicyclic) bond motifs is 1. The Balaban J connectivity index is 2.73. The number of aromatic hydroxyl groups is 1. The van der Waals surface area contributed by atoms with Crippen LogP contribution in [-0.4, -0.2) is 33.9 Å². The van der Waals surface area contributed by atoms with Crippen LogP contribution in [0, 0.1) is 0 Å². The summed E-state index contributed by atoms with van der Waals surface area (Å²) in [6.07, 6.45) is 1.61. The van der Waals surface area contributed by atoms with Gasteiger partial charge in [0.05, 0.1) is 12.7 Å². The highest BCUT2D eigenvalue weighted by atomic mass is 16.5. The lowest BCUT2D eigenvalue weighted by atomic mass is 10.0. The van der Waals surface area contributed by atoms with Gasteiger partial charge in [0.25, 0.3) is 0 Å². The van der Waals surface area contributed by atoms with Gasteiger partial charge in [0.1, 0.15) is 11.5 Å². The van der Waals surface area contributed by atoms with Crippen molar-refractivity contribution in [1.82, 2.24) is 0 Å². The lowest BCUT2D eigenvalue weighted by Crippen LogP contribution is -2.31. The van der Waals surface area contributed by atoms with Crippen molar-refractivity contribution in [3.8, 4) is 11.5 Å². The molecule has 0 heterocycles. The molecule has 2 aromatic rings. The predicted molar refractivity (Wildman–Crippen MR) is 79.1 cm³/mol. The molecule has 2 N–H and O–H groups in total. The molecule has 0 fully saturated rings. The number of phenolic OH excluding ortho intramolecular Hbond substituents is 1. The zero-order chi connectivity index (χ0) is 14.9. The summed E-state index contributed by atoms with van der Waals surface area (Å²) in [5.74, 6) is 0.850. The highest BCUT2D eigenvalue weighted by Gasteiger charge is 2.25. The minimum Gasteiger partial charge on any atom is -0.507 e. The highest BCUT2D eigenvalue weighted by Crippen LogP contribution is 2.33. The Morgan fingerprint density at radius 2 is 1.85 bits per heavy atom. The van der Waals surface area contributed by atoms with Crippen molar-refractivity contribution < 1.29 is 19.8 Å². The van der Waals surface area contributed by atoms with Crippen LogP contribution in [0.2, 0.25) is 0 Å². The lowest BCUT2D eigenvalue weighted by molar-refractivity contribution is -0.816. The van der Waals surface area contributed by atoms with E-state index in [0.29, 0.717) is 11.1 Å². The van der Waals surface area contributed by atoms with Gasteiger partial charge in [0.15, 0.2) is 0 Å². The minimum atomic E-state index is -0.420. The first-order valence-electron chi connectivity index (χ1n) is 6.46. The number of rotatable bonds is 2. The summed E-state index contributed by atoms with van der Waals surface area (Å²) in [6, 6.07) is 8.91. The van der Waals surface area contributed by atoms with E-state index >= 15 is 0 Å². The Morgan fingerprint density at radius 3 is 2.45 bits per heavy atom. The second-order valence-corrected chi connectivity index (χ2v) is 5.70. The fourth-order valence-electron chi connectivity index (χ4n) is 2.00. The molecule has 2 aromatic carbocycles. The van der Waals surface area contributed by atoms with Crippen LogP contribution < -0.4 is 4.74 Å². The first-order chi connectivity index (χ1) is 9.34. The smallest absolute Gasteiger partial charge is 0.224 e. The van der Waals surface area contributed by atoms with Crippen molar-refractivity contribution in [1.29, 1.82) is 0 Å². The SMILES string of the molecule is COc1ccc(/C=[N+](\O)C(C)(C)C)c2c(O)cccc12. The number of hydrogen-bond donors (Lipinski definition) is 2. The zero-order valence-electron chi connectivity index (χ0n) is 12.2. The maximum atomic E-state index is 10.1. The van der Waals surface area contributed by atoms with Gasteiger partial charge in [-0.2, -0.15) is 0 Å². The van der Waals surface area contributed by atoms with Crippen LogP contribution in [0.5, 0.6) is 11.5 Å². The third-order valence-electron chi connectivity index (χ3n) is 3.18. The molecule has 20 heavy (non-hydrogen) atoms. The number of ether oxygens (including phenoxy) is 1. The molecular weight excluding hydrogens is 254 g/mol. The summed E-state index contributed by atoms with van der Waals surface area (Å²) in [5, 5.41) is 21.7. The predicted octanol–water partition coefficient (Wildman–Crippen LogP) is 3.17. The maximum absolute atomic E-state index is 10.1. The van der Waals surface area contributed by atoms with Crippen LogP contribution >= 0.6 is 0 Å². The van der Waals surface area contributed by atoms with E-state index in [9.17, 15) is 10.3 Å². The summed E-state index contributed by atoms with van der Waals surface area (Å²) < 4.78 is 6.45. The quantitative estimate of drug-likeness (QED) is 0.383. The van der Waals surface area contributed by atoms with E-state index in [1.807, 2.05) is 39.0 Å². The molecule has 2 rings (SSSR count). The van der Waals surface area contributed by atoms with Crippen molar-refractivity contribution in [3.63, 3.8) is 0 Å². The molecule has 4 heteroatoms. The molecule has 0 aliphatic heterocycles. The first-order valence-corrected chi connectivity index (χ1v) is 6.46. The number of nitrogens with zero attached hydrogens (tertiary/aromatic N) is 1. The fourth-order valence-corrected chi connectivity index (χ4v) is 2.00. The molecule has 106 valence electrons. The van der Waals surface area contributed by atoms with E-state index in [0.717, 1.165) is 15.7 Å². The molecule has 0 saturated carbocycles. The number of hydrogen-bond acceptors (Lipinski definition) is 3. The molecule has 0 aliphatic carbocycles. The second kappa shape index (κ2) is 5.04. The highest BCUT2D eigenvalue weighted by molar-refractivity contribution is 6.04. The third-order valence-corrected chi connectivity index (χ3v) is 3.18. The van der Waals surface area contributed by atoms with Crippen LogP contribution in [0.1, 0.15) is 26.3 Å². The van der Waals surface area contributed by atoms with Crippen molar-refractivity contribution in [2.45, 2.75) is 26.3 Å². The lowest BCUT2D eigenvalue weighted by Gasteiger charge is -2.11. The van der Waals surface area contributed by atoms with Crippen LogP contribution in [0.25, 0.3) is 10.8 Å². The standard InChI is InChI=1S/C16H19NO3/c1-16(2,3)17(19)10-11-8-9-14(20-4)12-6-5-7-13(18)15(11)12/h5-10H,1-4H3,(H-,18,19)/p+1/b17-10-. The summed E-state index contributed by atoms with van der Waals surface area (Å²) in [4.78, 5) is 0. The molecule has 0 spiro atoms. The Morgan fingerprint density at radius 1 is 1.15 bits per heavy atom. The zero-order valence-corrected chi connectivity index (χ0v) is 12.2. The molecule has 0 unspecified atom stereocenters. The van der Waals surface area contributed by atoms with E-state index in [1.54, 1.807) is 25.5 Å². The molecule has 0 bridgehead atoms. The molecule has 0 atom stereocenters. The molecule has 0 aromatic heterocycles. The van der Waals surface area contributed by atoms with E-state index in [2.05, 4.69) is 0 Å². The monoisotopic (exact) mass is 274 g/mol. The number of methoxy groups -OCH3 is 1. The maximum Gasteiger partial charge on any atom is 0.224 e. The van der Waals surface area contributed by atoms with E-state index in [4.69, 9.17) is 4.74 Å². The largest absolute Gasteiger partial charge is 0.507 e. The minimum absolute atomic E-state index is 0.162. The summed E-state index contributed by atoms with van der Waals surface area (Å²) >= 11 is 0. The van der Waals surface area contributed by atoms with Gasteiger partial charge in [-0.25, -0.2) is 0 Å². The average molecular weight is 274 g/mol. The summed E-state index contributed by atoms with van der Waals surface area (Å²) in [6.45, 7) is 5.69. The van der Waals surface area contributed by atoms with E-state index in [-0.39, 0.29) is 5.75 Å².